The molecule has 2 N–H and O–H groups in total. The average Bonchev–Trinajstić information content (AvgIpc) is 2.79. The standard InChI is InChI=1S/C11H9N5S/c12-8-7-13-4-1-9(8)17-11-3-6-16-10(15-11)2-5-14-16/h1-7H,12H2. The molecule has 0 saturated carbocycles. The minimum Gasteiger partial charge on any atom is -0.397 e. The largest absolute Gasteiger partial charge is 0.397 e. The lowest BCUT2D eigenvalue weighted by Crippen LogP contribution is -1.92. The van der Waals surface area contributed by atoms with Gasteiger partial charge in [0.1, 0.15) is 5.03 Å². The number of hydrogen-bond donors (Lipinski definition) is 1. The van der Waals surface area contributed by atoms with Crippen molar-refractivity contribution in [1.82, 2.24) is 19.6 Å². The molecule has 17 heavy (non-hydrogen) atoms. The van der Waals surface area contributed by atoms with Crippen molar-refractivity contribution in [3.63, 3.8) is 0 Å². The second-order valence-electron chi connectivity index (χ2n) is 3.42. The molecule has 6 heteroatoms. The molecule has 0 saturated heterocycles. The number of hydrogen-bond acceptors (Lipinski definition) is 5. The van der Waals surface area contributed by atoms with Gasteiger partial charge >= 0.3 is 0 Å². The second kappa shape index (κ2) is 4.06. The number of nitrogen functional groups attached to an aromatic ring is 1. The first-order chi connectivity index (χ1) is 8.33. The third kappa shape index (κ3) is 1.94. The number of pyridine rings is 1. The molecule has 0 amide bonds. The van der Waals surface area contributed by atoms with Gasteiger partial charge in [-0.05, 0) is 12.1 Å². The monoisotopic (exact) mass is 243 g/mol. The summed E-state index contributed by atoms with van der Waals surface area (Å²) in [6.45, 7) is 0. The summed E-state index contributed by atoms with van der Waals surface area (Å²) in [6.07, 6.45) is 6.95. The molecule has 3 rings (SSSR count). The molecule has 3 aromatic heterocycles. The van der Waals surface area contributed by atoms with Crippen LogP contribution in [-0.2, 0) is 0 Å². The molecule has 3 heterocycles. The Balaban J connectivity index is 1.97. The van der Waals surface area contributed by atoms with E-state index in [0.717, 1.165) is 15.6 Å². The highest BCUT2D eigenvalue weighted by Crippen LogP contribution is 2.29. The van der Waals surface area contributed by atoms with E-state index in [1.54, 1.807) is 23.1 Å². The van der Waals surface area contributed by atoms with Crippen LogP contribution in [0, 0.1) is 0 Å². The minimum absolute atomic E-state index is 0.660. The van der Waals surface area contributed by atoms with E-state index >= 15 is 0 Å². The Hall–Kier alpha value is -2.08. The van der Waals surface area contributed by atoms with E-state index in [0.29, 0.717) is 5.69 Å². The molecule has 0 aliphatic heterocycles. The van der Waals surface area contributed by atoms with Crippen molar-refractivity contribution in [2.75, 3.05) is 5.73 Å². The van der Waals surface area contributed by atoms with Gasteiger partial charge in [-0.25, -0.2) is 9.50 Å². The Morgan fingerprint density at radius 2 is 2.12 bits per heavy atom. The van der Waals surface area contributed by atoms with Gasteiger partial charge in [-0.15, -0.1) is 0 Å². The van der Waals surface area contributed by atoms with Crippen molar-refractivity contribution in [3.8, 4) is 0 Å². The van der Waals surface area contributed by atoms with Crippen molar-refractivity contribution in [2.45, 2.75) is 9.92 Å². The van der Waals surface area contributed by atoms with Gasteiger partial charge in [0.25, 0.3) is 0 Å². The molecule has 0 unspecified atom stereocenters. The van der Waals surface area contributed by atoms with Crippen molar-refractivity contribution < 1.29 is 0 Å². The van der Waals surface area contributed by atoms with Crippen LogP contribution in [0.25, 0.3) is 5.65 Å². The van der Waals surface area contributed by atoms with Gasteiger partial charge in [0.15, 0.2) is 5.65 Å². The van der Waals surface area contributed by atoms with Crippen LogP contribution in [0.15, 0.2) is 52.9 Å². The highest BCUT2D eigenvalue weighted by Gasteiger charge is 2.04. The van der Waals surface area contributed by atoms with Crippen LogP contribution in [0.2, 0.25) is 0 Å². The van der Waals surface area contributed by atoms with Crippen LogP contribution in [0.1, 0.15) is 0 Å². The lowest BCUT2D eigenvalue weighted by atomic mass is 10.4. The molecular formula is C11H9N5S. The molecule has 0 fully saturated rings. The van der Waals surface area contributed by atoms with Crippen molar-refractivity contribution in [3.05, 3.63) is 43.0 Å². The molecule has 0 aliphatic rings. The Morgan fingerprint density at radius 1 is 1.18 bits per heavy atom. The molecular weight excluding hydrogens is 234 g/mol. The first kappa shape index (κ1) is 10.1. The Kier molecular flexibility index (Phi) is 2.41. The highest BCUT2D eigenvalue weighted by atomic mass is 32.2. The van der Waals surface area contributed by atoms with Crippen LogP contribution in [0.3, 0.4) is 0 Å². The van der Waals surface area contributed by atoms with E-state index in [2.05, 4.69) is 15.1 Å². The quantitative estimate of drug-likeness (QED) is 0.696. The number of nitrogens with zero attached hydrogens (tertiary/aromatic N) is 4. The number of nitrogens with two attached hydrogens (primary N) is 1. The topological polar surface area (TPSA) is 69.1 Å². The molecule has 5 nitrogen and oxygen atoms in total. The Labute approximate surface area is 102 Å². The maximum Gasteiger partial charge on any atom is 0.156 e. The molecule has 0 atom stereocenters. The fraction of sp³-hybridized carbons (Fsp3) is 0. The summed E-state index contributed by atoms with van der Waals surface area (Å²) in [5.74, 6) is 0. The molecule has 0 spiro atoms. The number of fused-ring (bicyclic) bond motifs is 1. The summed E-state index contributed by atoms with van der Waals surface area (Å²) in [4.78, 5) is 9.37. The number of aromatic nitrogens is 4. The Morgan fingerprint density at radius 3 is 3.00 bits per heavy atom. The third-order valence-corrected chi connectivity index (χ3v) is 3.29. The van der Waals surface area contributed by atoms with Crippen LogP contribution >= 0.6 is 11.8 Å². The number of rotatable bonds is 2. The van der Waals surface area contributed by atoms with Gasteiger partial charge in [0.05, 0.1) is 18.1 Å². The van der Waals surface area contributed by atoms with E-state index in [1.807, 2.05) is 24.4 Å². The summed E-state index contributed by atoms with van der Waals surface area (Å²) in [6, 6.07) is 5.65. The molecule has 84 valence electrons. The van der Waals surface area contributed by atoms with Gasteiger partial charge in [-0.3, -0.25) is 4.98 Å². The molecule has 0 aromatic carbocycles. The van der Waals surface area contributed by atoms with Crippen molar-refractivity contribution >= 4 is 23.1 Å². The zero-order valence-electron chi connectivity index (χ0n) is 8.82. The highest BCUT2D eigenvalue weighted by molar-refractivity contribution is 7.99. The van der Waals surface area contributed by atoms with Crippen LogP contribution in [-0.4, -0.2) is 19.6 Å². The second-order valence-corrected chi connectivity index (χ2v) is 4.48. The maximum absolute atomic E-state index is 5.83. The van der Waals surface area contributed by atoms with E-state index in [4.69, 9.17) is 5.73 Å². The molecule has 3 aromatic rings. The Bertz CT molecular complexity index is 664. The fourth-order valence-electron chi connectivity index (χ4n) is 1.45. The summed E-state index contributed by atoms with van der Waals surface area (Å²) in [5.41, 5.74) is 7.31. The summed E-state index contributed by atoms with van der Waals surface area (Å²) in [5, 5.41) is 4.98. The van der Waals surface area contributed by atoms with E-state index in [-0.39, 0.29) is 0 Å². The zero-order chi connectivity index (χ0) is 11.7. The maximum atomic E-state index is 5.83. The van der Waals surface area contributed by atoms with Gasteiger partial charge < -0.3 is 5.73 Å². The SMILES string of the molecule is Nc1cnccc1Sc1ccn2nccc2n1. The summed E-state index contributed by atoms with van der Waals surface area (Å²) in [7, 11) is 0. The van der Waals surface area contributed by atoms with Gasteiger partial charge in [0, 0.05) is 23.4 Å². The first-order valence-electron chi connectivity index (χ1n) is 5.01. The smallest absolute Gasteiger partial charge is 0.156 e. The minimum atomic E-state index is 0.660. The van der Waals surface area contributed by atoms with Gasteiger partial charge in [-0.1, -0.05) is 11.8 Å². The third-order valence-electron chi connectivity index (χ3n) is 2.26. The van der Waals surface area contributed by atoms with Gasteiger partial charge in [0.2, 0.25) is 0 Å². The summed E-state index contributed by atoms with van der Waals surface area (Å²) >= 11 is 1.52. The number of anilines is 1. The lowest BCUT2D eigenvalue weighted by Gasteiger charge is -2.03. The zero-order valence-corrected chi connectivity index (χ0v) is 9.63. The summed E-state index contributed by atoms with van der Waals surface area (Å²) < 4.78 is 1.72. The predicted molar refractivity (Wildman–Crippen MR) is 65.8 cm³/mol. The van der Waals surface area contributed by atoms with Crippen molar-refractivity contribution in [2.24, 2.45) is 0 Å². The first-order valence-corrected chi connectivity index (χ1v) is 5.82. The average molecular weight is 243 g/mol. The van der Waals surface area contributed by atoms with Crippen LogP contribution in [0.4, 0.5) is 5.69 Å². The van der Waals surface area contributed by atoms with E-state index in [1.165, 1.54) is 11.8 Å². The van der Waals surface area contributed by atoms with Crippen molar-refractivity contribution in [1.29, 1.82) is 0 Å². The van der Waals surface area contributed by atoms with E-state index < -0.39 is 0 Å². The predicted octanol–water partition coefficient (Wildman–Crippen LogP) is 1.86. The van der Waals surface area contributed by atoms with Gasteiger partial charge in [-0.2, -0.15) is 5.10 Å². The fourth-order valence-corrected chi connectivity index (χ4v) is 2.24. The lowest BCUT2D eigenvalue weighted by molar-refractivity contribution is 0.915. The van der Waals surface area contributed by atoms with Crippen LogP contribution in [0.5, 0.6) is 0 Å². The molecule has 0 radical (unpaired) electrons. The normalized spacial score (nSPS) is 10.8. The van der Waals surface area contributed by atoms with Crippen LogP contribution < -0.4 is 5.73 Å². The molecule has 0 bridgehead atoms. The van der Waals surface area contributed by atoms with E-state index in [9.17, 15) is 0 Å². The molecule has 0 aliphatic carbocycles.